The Morgan fingerprint density at radius 1 is 0.710 bits per heavy atom. The number of hydrogen-bond acceptors (Lipinski definition) is 15. The molecule has 3 radical (unpaired) electrons. The monoisotopic (exact) mass is 1040 g/mol. The second kappa shape index (κ2) is 28.6. The molecule has 4 aromatic rings. The molecule has 2 aromatic heterocycles. The maximum Gasteiger partial charge on any atom is 1.00 e. The molecular formula is C46H67AlLiN6O11S4. The zero-order chi connectivity index (χ0) is 48.2. The van der Waals surface area contributed by atoms with E-state index in [1.807, 2.05) is 27.7 Å². The van der Waals surface area contributed by atoms with Gasteiger partial charge in [-0.2, -0.15) is 0 Å². The summed E-state index contributed by atoms with van der Waals surface area (Å²) in [6, 6.07) is 9.66. The fraction of sp³-hybridized carbons (Fsp3) is 0.543. The summed E-state index contributed by atoms with van der Waals surface area (Å²) in [5, 5.41) is 17.2. The van der Waals surface area contributed by atoms with Gasteiger partial charge in [0, 0.05) is 77.9 Å². The van der Waals surface area contributed by atoms with E-state index in [2.05, 4.69) is 30.0 Å². The van der Waals surface area contributed by atoms with Gasteiger partial charge in [-0.05, 0) is 103 Å². The first kappa shape index (κ1) is 61.7. The van der Waals surface area contributed by atoms with Crippen molar-refractivity contribution in [3.63, 3.8) is 0 Å². The molecule has 23 heteroatoms. The van der Waals surface area contributed by atoms with E-state index in [1.165, 1.54) is 41.9 Å². The first-order valence-electron chi connectivity index (χ1n) is 22.2. The van der Waals surface area contributed by atoms with Gasteiger partial charge in [-0.3, -0.25) is 0 Å². The van der Waals surface area contributed by atoms with Crippen molar-refractivity contribution in [3.8, 4) is 20.9 Å². The van der Waals surface area contributed by atoms with Crippen molar-refractivity contribution in [2.75, 3.05) is 20.2 Å². The molecule has 2 amide bonds. The Morgan fingerprint density at radius 2 is 1.12 bits per heavy atom. The number of nitrogens with one attached hydrogen (secondary N) is 4. The minimum absolute atomic E-state index is 0. The van der Waals surface area contributed by atoms with Crippen LogP contribution in [0.15, 0.2) is 58.6 Å². The van der Waals surface area contributed by atoms with Gasteiger partial charge in [0.2, 0.25) is 20.0 Å². The average molecular weight is 1040 g/mol. The van der Waals surface area contributed by atoms with Gasteiger partial charge in [-0.1, -0.05) is 39.5 Å². The summed E-state index contributed by atoms with van der Waals surface area (Å²) in [5.41, 5.74) is 1.77. The Bertz CT molecular complexity index is 2520. The Morgan fingerprint density at radius 3 is 1.49 bits per heavy atom. The van der Waals surface area contributed by atoms with Crippen LogP contribution in [-0.2, 0) is 40.9 Å². The molecule has 17 nitrogen and oxygen atoms in total. The maximum absolute atomic E-state index is 12.9. The third kappa shape index (κ3) is 17.4. The van der Waals surface area contributed by atoms with Gasteiger partial charge in [-0.25, -0.2) is 50.6 Å². The molecular weight excluding hydrogens is 975 g/mol. The molecule has 6 rings (SSSR count). The number of esters is 1. The topological polar surface area (TPSA) is 241 Å². The molecule has 0 aliphatic heterocycles. The number of methoxy groups -OCH3 is 1. The number of aromatic nitrogens is 2. The number of ether oxygens (including phenoxy) is 3. The number of carbonyl (C=O) groups is 3. The summed E-state index contributed by atoms with van der Waals surface area (Å²) in [7, 11) is -6.28. The summed E-state index contributed by atoms with van der Waals surface area (Å²) in [5.74, 6) is -0.0910. The second-order valence-electron chi connectivity index (χ2n) is 16.6. The summed E-state index contributed by atoms with van der Waals surface area (Å²) in [6.07, 6.45) is 9.19. The fourth-order valence-electron chi connectivity index (χ4n) is 7.82. The second-order valence-corrected chi connectivity index (χ2v) is 22.2. The van der Waals surface area contributed by atoms with Gasteiger partial charge >= 0.3 is 37.0 Å². The van der Waals surface area contributed by atoms with E-state index >= 15 is 0 Å². The number of sulfonamides is 2. The number of alkyl carbamates (subject to hydrolysis) is 2. The van der Waals surface area contributed by atoms with Crippen LogP contribution in [0.5, 0.6) is 0 Å². The zero-order valence-electron chi connectivity index (χ0n) is 41.0. The smallest absolute Gasteiger partial charge is 1.00 e. The van der Waals surface area contributed by atoms with E-state index < -0.39 is 26.0 Å². The molecule has 2 saturated carbocycles. The minimum atomic E-state index is -3.83. The molecule has 375 valence electrons. The van der Waals surface area contributed by atoms with Crippen LogP contribution in [0.25, 0.3) is 20.9 Å². The van der Waals surface area contributed by atoms with Crippen LogP contribution in [-0.4, -0.2) is 112 Å². The zero-order valence-corrected chi connectivity index (χ0v) is 44.4. The molecule has 5 N–H and O–H groups in total. The summed E-state index contributed by atoms with van der Waals surface area (Å²) in [4.78, 5) is 46.5. The fourth-order valence-corrected chi connectivity index (χ4v) is 12.8. The molecule has 2 heterocycles. The summed E-state index contributed by atoms with van der Waals surface area (Å²) < 4.78 is 71.3. The Kier molecular flexibility index (Phi) is 25.6. The number of aliphatic hydroxyl groups excluding tert-OH is 1. The maximum atomic E-state index is 12.9. The van der Waals surface area contributed by atoms with Gasteiger partial charge in [0.05, 0.1) is 61.0 Å². The standard InChI is InChI=1S/C23H31N3O6S2.C22H31N3O5S2.CH4.Al.Li.H/c1-5-25-34(29,30)20-12-16(22(27)31-4)8-11-18(20)19-13-24-21(33-19)15-6-9-17(10-7-15)26-23(28)32-14(2)3;1-4-24-32(28,29)20-11-15(13-26)5-10-18(20)19-12-23-21(31-19)16-6-8-17(9-7-16)25-22(27)30-14(2)3;;;;/h8,11-15,17,25H,5-7,9-10H2,1-4H3,(H,26,28);5,10-12,14,16-17,24,26H,4,6-9,13H2,1-3H3,(H,25,27);1H4;;;/q;;;;+1;-1. The number of amides is 2. The number of thiazole rings is 2. The minimum Gasteiger partial charge on any atom is -1.00 e. The van der Waals surface area contributed by atoms with Crippen molar-refractivity contribution >= 4 is 78.2 Å². The first-order valence-corrected chi connectivity index (χ1v) is 26.8. The van der Waals surface area contributed by atoms with Gasteiger partial charge in [-0.15, -0.1) is 22.7 Å². The Hall–Kier alpha value is -3.38. The van der Waals surface area contributed by atoms with Crippen LogP contribution in [0.4, 0.5) is 9.59 Å². The van der Waals surface area contributed by atoms with Crippen molar-refractivity contribution in [2.45, 2.75) is 153 Å². The molecule has 2 aliphatic carbocycles. The molecule has 0 spiro atoms. The number of carbonyl (C=O) groups excluding carboxylic acids is 3. The van der Waals surface area contributed by atoms with Crippen molar-refractivity contribution in [3.05, 3.63) is 69.9 Å². The van der Waals surface area contributed by atoms with Gasteiger partial charge in [0.25, 0.3) is 0 Å². The quantitative estimate of drug-likeness (QED) is 0.0553. The third-order valence-electron chi connectivity index (χ3n) is 10.9. The number of nitrogens with zero attached hydrogens (tertiary/aromatic N) is 2. The van der Waals surface area contributed by atoms with Crippen LogP contribution in [0.3, 0.4) is 0 Å². The molecule has 0 atom stereocenters. The molecule has 69 heavy (non-hydrogen) atoms. The molecule has 0 saturated heterocycles. The van der Waals surface area contributed by atoms with E-state index in [0.717, 1.165) is 66.3 Å². The third-order valence-corrected chi connectivity index (χ3v) is 16.5. The van der Waals surface area contributed by atoms with Crippen molar-refractivity contribution in [2.24, 2.45) is 0 Å². The van der Waals surface area contributed by atoms with Crippen molar-refractivity contribution < 1.29 is 70.8 Å². The van der Waals surface area contributed by atoms with E-state index in [-0.39, 0.29) is 128 Å². The number of rotatable bonds is 16. The summed E-state index contributed by atoms with van der Waals surface area (Å²) in [6.45, 7) is 11.0. The van der Waals surface area contributed by atoms with Crippen LogP contribution in [0, 0.1) is 0 Å². The number of hydrogen-bond donors (Lipinski definition) is 5. The molecule has 2 fully saturated rings. The van der Waals surface area contributed by atoms with Gasteiger partial charge < -0.3 is 31.4 Å². The molecule has 0 bridgehead atoms. The Labute approximate surface area is 440 Å². The van der Waals surface area contributed by atoms with Crippen LogP contribution < -0.4 is 38.9 Å². The van der Waals surface area contributed by atoms with Crippen LogP contribution in [0.2, 0.25) is 0 Å². The van der Waals surface area contributed by atoms with E-state index in [9.17, 15) is 36.3 Å². The van der Waals surface area contributed by atoms with Crippen LogP contribution in [0.1, 0.15) is 140 Å². The predicted molar refractivity (Wildman–Crippen MR) is 267 cm³/mol. The van der Waals surface area contributed by atoms with E-state index in [0.29, 0.717) is 21.6 Å². The average Bonchev–Trinajstić information content (AvgIpc) is 3.98. The molecule has 0 unspecified atom stereocenters. The Balaban J connectivity index is 0.000000663. The van der Waals surface area contributed by atoms with Crippen molar-refractivity contribution in [1.29, 1.82) is 0 Å². The predicted octanol–water partition coefficient (Wildman–Crippen LogP) is 5.19. The first-order chi connectivity index (χ1) is 31.4. The van der Waals surface area contributed by atoms with Crippen molar-refractivity contribution in [1.82, 2.24) is 30.0 Å². The van der Waals surface area contributed by atoms with E-state index in [4.69, 9.17) is 14.2 Å². The number of benzene rings is 2. The van der Waals surface area contributed by atoms with E-state index in [1.54, 1.807) is 50.5 Å². The SMILES string of the molecule is C.CCNS(=O)(=O)c1cc(C(=O)OC)ccc1-c1cnc(C2CCC(NC(=O)OC(C)C)CC2)s1.CCNS(=O)(=O)c1cc(CO)ccc1-c1cnc(C2CCC(NC(=O)OC(C)C)CC2)s1.[Al].[H-].[Li+]. The van der Waals surface area contributed by atoms with Gasteiger partial charge in [0.15, 0.2) is 0 Å². The largest absolute Gasteiger partial charge is 1.00 e. The molecule has 2 aromatic carbocycles. The number of aliphatic hydroxyl groups is 1. The van der Waals surface area contributed by atoms with Crippen LogP contribution >= 0.6 is 22.7 Å². The van der Waals surface area contributed by atoms with Gasteiger partial charge in [0.1, 0.15) is 0 Å². The summed E-state index contributed by atoms with van der Waals surface area (Å²) >= 11 is 2.95. The molecule has 2 aliphatic rings. The normalized spacial score (nSPS) is 18.0.